The van der Waals surface area contributed by atoms with Crippen molar-refractivity contribution < 1.29 is 9.90 Å². The zero-order valence-corrected chi connectivity index (χ0v) is 10.7. The van der Waals surface area contributed by atoms with Crippen LogP contribution in [-0.2, 0) is 11.2 Å². The molecule has 0 radical (unpaired) electrons. The number of halogens is 1. The lowest BCUT2D eigenvalue weighted by atomic mass is 10.0. The molecule has 0 fully saturated rings. The second-order valence-electron chi connectivity index (χ2n) is 4.24. The minimum atomic E-state index is -0.849. The summed E-state index contributed by atoms with van der Waals surface area (Å²) in [5, 5.41) is 11.0. The first-order chi connectivity index (χ1) is 8.15. The summed E-state index contributed by atoms with van der Waals surface area (Å²) in [4.78, 5) is 10.5. The number of hydrogen-bond donors (Lipinski definition) is 2. The maximum atomic E-state index is 10.5. The van der Waals surface area contributed by atoms with E-state index in [1.165, 1.54) is 5.39 Å². The number of carbonyl (C=O) groups is 1. The minimum absolute atomic E-state index is 0. The van der Waals surface area contributed by atoms with Gasteiger partial charge in [0.15, 0.2) is 0 Å². The lowest BCUT2D eigenvalue weighted by Crippen LogP contribution is -2.26. The SMILES string of the molecule is Cl.N[C@@H](CC(=O)O)Cc1ccc2ccccc2c1. The number of carboxylic acid groups (broad SMARTS) is 1. The number of carboxylic acids is 1. The topological polar surface area (TPSA) is 63.3 Å². The van der Waals surface area contributed by atoms with Crippen LogP contribution in [0.15, 0.2) is 42.5 Å². The van der Waals surface area contributed by atoms with Gasteiger partial charge in [-0.3, -0.25) is 4.79 Å². The van der Waals surface area contributed by atoms with Crippen LogP contribution in [0, 0.1) is 0 Å². The third-order valence-electron chi connectivity index (χ3n) is 2.75. The Morgan fingerprint density at radius 1 is 1.17 bits per heavy atom. The molecule has 96 valence electrons. The largest absolute Gasteiger partial charge is 0.481 e. The van der Waals surface area contributed by atoms with Gasteiger partial charge in [-0.1, -0.05) is 42.5 Å². The van der Waals surface area contributed by atoms with Gasteiger partial charge in [0.25, 0.3) is 0 Å². The van der Waals surface area contributed by atoms with Crippen molar-refractivity contribution in [1.29, 1.82) is 0 Å². The van der Waals surface area contributed by atoms with Crippen LogP contribution in [0.2, 0.25) is 0 Å². The lowest BCUT2D eigenvalue weighted by Gasteiger charge is -2.09. The van der Waals surface area contributed by atoms with Crippen molar-refractivity contribution in [2.45, 2.75) is 18.9 Å². The maximum Gasteiger partial charge on any atom is 0.304 e. The highest BCUT2D eigenvalue weighted by Crippen LogP contribution is 2.16. The fraction of sp³-hybridized carbons (Fsp3) is 0.214. The Hall–Kier alpha value is -1.58. The Morgan fingerprint density at radius 3 is 2.50 bits per heavy atom. The van der Waals surface area contributed by atoms with Gasteiger partial charge in [0.2, 0.25) is 0 Å². The number of rotatable bonds is 4. The molecule has 0 saturated carbocycles. The fourth-order valence-corrected chi connectivity index (χ4v) is 1.96. The number of benzene rings is 2. The van der Waals surface area contributed by atoms with Gasteiger partial charge in [-0.15, -0.1) is 12.4 Å². The molecule has 0 aliphatic heterocycles. The van der Waals surface area contributed by atoms with Gasteiger partial charge >= 0.3 is 5.97 Å². The number of aliphatic carboxylic acids is 1. The smallest absolute Gasteiger partial charge is 0.304 e. The van der Waals surface area contributed by atoms with Crippen LogP contribution in [0.25, 0.3) is 10.8 Å². The summed E-state index contributed by atoms with van der Waals surface area (Å²) in [6.07, 6.45) is 0.601. The van der Waals surface area contributed by atoms with Crippen LogP contribution >= 0.6 is 12.4 Å². The predicted molar refractivity (Wildman–Crippen MR) is 75.1 cm³/mol. The van der Waals surface area contributed by atoms with E-state index in [9.17, 15) is 4.79 Å². The number of hydrogen-bond acceptors (Lipinski definition) is 2. The predicted octanol–water partition coefficient (Wildman–Crippen LogP) is 2.61. The molecule has 0 unspecified atom stereocenters. The summed E-state index contributed by atoms with van der Waals surface area (Å²) >= 11 is 0. The zero-order valence-electron chi connectivity index (χ0n) is 9.87. The minimum Gasteiger partial charge on any atom is -0.481 e. The summed E-state index contributed by atoms with van der Waals surface area (Å²) < 4.78 is 0. The average Bonchev–Trinajstić information content (AvgIpc) is 2.27. The molecule has 0 spiro atoms. The molecule has 0 bridgehead atoms. The Labute approximate surface area is 112 Å². The molecule has 4 heteroatoms. The third-order valence-corrected chi connectivity index (χ3v) is 2.75. The Balaban J connectivity index is 0.00000162. The van der Waals surface area contributed by atoms with E-state index in [0.717, 1.165) is 10.9 Å². The van der Waals surface area contributed by atoms with Crippen molar-refractivity contribution in [3.05, 3.63) is 48.0 Å². The third kappa shape index (κ3) is 3.72. The first-order valence-corrected chi connectivity index (χ1v) is 5.60. The van der Waals surface area contributed by atoms with Gasteiger partial charge in [-0.05, 0) is 22.8 Å². The highest BCUT2D eigenvalue weighted by molar-refractivity contribution is 5.85. The molecule has 3 N–H and O–H groups in total. The molecule has 0 aliphatic rings. The van der Waals surface area contributed by atoms with Crippen LogP contribution in [-0.4, -0.2) is 17.1 Å². The van der Waals surface area contributed by atoms with E-state index in [2.05, 4.69) is 12.1 Å². The van der Waals surface area contributed by atoms with Crippen molar-refractivity contribution in [2.24, 2.45) is 5.73 Å². The number of nitrogens with two attached hydrogens (primary N) is 1. The normalized spacial score (nSPS) is 11.8. The quantitative estimate of drug-likeness (QED) is 0.893. The summed E-state index contributed by atoms with van der Waals surface area (Å²) in [6, 6.07) is 13.9. The summed E-state index contributed by atoms with van der Waals surface area (Å²) in [7, 11) is 0. The first-order valence-electron chi connectivity index (χ1n) is 5.60. The summed E-state index contributed by atoms with van der Waals surface area (Å²) in [5.41, 5.74) is 6.85. The molecule has 18 heavy (non-hydrogen) atoms. The van der Waals surface area contributed by atoms with E-state index in [1.54, 1.807) is 0 Å². The van der Waals surface area contributed by atoms with Crippen LogP contribution in [0.5, 0.6) is 0 Å². The van der Waals surface area contributed by atoms with Crippen LogP contribution in [0.1, 0.15) is 12.0 Å². The Bertz CT molecular complexity index is 542. The molecule has 0 saturated heterocycles. The molecule has 0 aromatic heterocycles. The molecule has 0 aliphatic carbocycles. The van der Waals surface area contributed by atoms with E-state index < -0.39 is 5.97 Å². The van der Waals surface area contributed by atoms with Crippen molar-refractivity contribution >= 4 is 29.1 Å². The van der Waals surface area contributed by atoms with E-state index >= 15 is 0 Å². The molecule has 2 rings (SSSR count). The van der Waals surface area contributed by atoms with Gasteiger partial charge in [0.1, 0.15) is 0 Å². The van der Waals surface area contributed by atoms with Crippen molar-refractivity contribution in [3.63, 3.8) is 0 Å². The van der Waals surface area contributed by atoms with E-state index in [-0.39, 0.29) is 24.9 Å². The van der Waals surface area contributed by atoms with Crippen molar-refractivity contribution in [3.8, 4) is 0 Å². The van der Waals surface area contributed by atoms with Crippen molar-refractivity contribution in [2.75, 3.05) is 0 Å². The molecule has 2 aromatic rings. The monoisotopic (exact) mass is 265 g/mol. The standard InChI is InChI=1S/C14H15NO2.ClH/c15-13(9-14(16)17)8-10-5-6-11-3-1-2-4-12(11)7-10;/h1-7,13H,8-9,15H2,(H,16,17);1H/t13-;/m1./s1. The van der Waals surface area contributed by atoms with Gasteiger partial charge in [0, 0.05) is 6.04 Å². The van der Waals surface area contributed by atoms with Crippen LogP contribution < -0.4 is 5.73 Å². The highest BCUT2D eigenvalue weighted by Gasteiger charge is 2.08. The van der Waals surface area contributed by atoms with Gasteiger partial charge in [-0.25, -0.2) is 0 Å². The molecular formula is C14H16ClNO2. The number of fused-ring (bicyclic) bond motifs is 1. The van der Waals surface area contributed by atoms with E-state index in [0.29, 0.717) is 6.42 Å². The Morgan fingerprint density at radius 2 is 1.83 bits per heavy atom. The fourth-order valence-electron chi connectivity index (χ4n) is 1.96. The lowest BCUT2D eigenvalue weighted by molar-refractivity contribution is -0.137. The second-order valence-corrected chi connectivity index (χ2v) is 4.24. The molecule has 0 amide bonds. The zero-order chi connectivity index (χ0) is 12.3. The molecule has 2 aromatic carbocycles. The highest BCUT2D eigenvalue weighted by atomic mass is 35.5. The average molecular weight is 266 g/mol. The van der Waals surface area contributed by atoms with Gasteiger partial charge < -0.3 is 10.8 Å². The van der Waals surface area contributed by atoms with Gasteiger partial charge in [0.05, 0.1) is 6.42 Å². The summed E-state index contributed by atoms with van der Waals surface area (Å²) in [6.45, 7) is 0. The first kappa shape index (κ1) is 14.5. The maximum absolute atomic E-state index is 10.5. The van der Waals surface area contributed by atoms with Crippen LogP contribution in [0.3, 0.4) is 0 Å². The van der Waals surface area contributed by atoms with Crippen molar-refractivity contribution in [1.82, 2.24) is 0 Å². The Kier molecular flexibility index (Phi) is 5.13. The van der Waals surface area contributed by atoms with Crippen LogP contribution in [0.4, 0.5) is 0 Å². The molecular weight excluding hydrogens is 250 g/mol. The van der Waals surface area contributed by atoms with Gasteiger partial charge in [-0.2, -0.15) is 0 Å². The van der Waals surface area contributed by atoms with E-state index in [1.807, 2.05) is 30.3 Å². The summed E-state index contributed by atoms with van der Waals surface area (Å²) in [5.74, 6) is -0.849. The van der Waals surface area contributed by atoms with E-state index in [4.69, 9.17) is 10.8 Å². The molecule has 3 nitrogen and oxygen atoms in total. The molecule has 1 atom stereocenters. The second kappa shape index (κ2) is 6.38. The molecule has 0 heterocycles.